The van der Waals surface area contributed by atoms with E-state index in [1.54, 1.807) is 27.7 Å². The summed E-state index contributed by atoms with van der Waals surface area (Å²) in [5.74, 6) is -1.33. The van der Waals surface area contributed by atoms with Crippen LogP contribution in [0, 0.1) is 0 Å². The summed E-state index contributed by atoms with van der Waals surface area (Å²) in [6.07, 6.45) is 0.00739. The normalized spacial score (nSPS) is 15.5. The number of hydrogen-bond donors (Lipinski definition) is 1. The minimum atomic E-state index is -3.85. The average molecular weight is 268 g/mol. The van der Waals surface area contributed by atoms with Crippen molar-refractivity contribution in [1.82, 2.24) is 0 Å². The van der Waals surface area contributed by atoms with E-state index in [2.05, 4.69) is 0 Å². The maximum Gasteiger partial charge on any atom is 0.373 e. The van der Waals surface area contributed by atoms with Gasteiger partial charge in [0.2, 0.25) is 0 Å². The first kappa shape index (κ1) is 16.6. The number of rotatable bonds is 9. The number of aliphatic carboxylic acids is 1. The Labute approximate surface area is 102 Å². The first-order chi connectivity index (χ1) is 7.94. The Morgan fingerprint density at radius 3 is 1.82 bits per heavy atom. The topological polar surface area (TPSA) is 82.1 Å². The van der Waals surface area contributed by atoms with Gasteiger partial charge in [-0.15, -0.1) is 0 Å². The van der Waals surface area contributed by atoms with Gasteiger partial charge in [0.05, 0.1) is 13.2 Å². The van der Waals surface area contributed by atoms with Gasteiger partial charge in [-0.3, -0.25) is 4.57 Å². The highest BCUT2D eigenvalue weighted by molar-refractivity contribution is 7.56. The van der Waals surface area contributed by atoms with Crippen LogP contribution in [0.25, 0.3) is 0 Å². The van der Waals surface area contributed by atoms with E-state index in [9.17, 15) is 14.5 Å². The summed E-state index contributed by atoms with van der Waals surface area (Å²) in [6.45, 7) is 6.77. The lowest BCUT2D eigenvalue weighted by Crippen LogP contribution is -2.42. The summed E-state index contributed by atoms with van der Waals surface area (Å²) in [6, 6.07) is 0. The molecule has 102 valence electrons. The molecule has 0 aromatic rings. The van der Waals surface area contributed by atoms with Crippen LogP contribution in [-0.2, 0) is 23.1 Å². The predicted octanol–water partition coefficient (Wildman–Crippen LogP) is 2.48. The molecular formula is C10H21O6P. The van der Waals surface area contributed by atoms with Crippen LogP contribution in [0.4, 0.5) is 0 Å². The maximum absolute atomic E-state index is 12.5. The van der Waals surface area contributed by atoms with Gasteiger partial charge in [0.15, 0.2) is 0 Å². The molecule has 0 aliphatic rings. The summed E-state index contributed by atoms with van der Waals surface area (Å²) in [5.41, 5.74) is 0. The zero-order valence-corrected chi connectivity index (χ0v) is 11.7. The van der Waals surface area contributed by atoms with Crippen LogP contribution in [0.15, 0.2) is 0 Å². The Balaban J connectivity index is 5.49. The molecule has 0 spiro atoms. The molecule has 1 unspecified atom stereocenters. The lowest BCUT2D eigenvalue weighted by atomic mass is 10.3. The third-order valence-corrected chi connectivity index (χ3v) is 4.95. The molecule has 1 N–H and O–H groups in total. The second-order valence-electron chi connectivity index (χ2n) is 3.21. The van der Waals surface area contributed by atoms with Crippen LogP contribution in [0.3, 0.4) is 0 Å². The Hall–Kier alpha value is -0.420. The minimum Gasteiger partial charge on any atom is -0.479 e. The van der Waals surface area contributed by atoms with E-state index in [4.69, 9.17) is 13.8 Å². The third kappa shape index (κ3) is 3.28. The number of ether oxygens (including phenoxy) is 1. The molecule has 0 amide bonds. The van der Waals surface area contributed by atoms with Crippen molar-refractivity contribution in [2.45, 2.75) is 39.5 Å². The molecule has 0 aromatic carbocycles. The van der Waals surface area contributed by atoms with E-state index in [1.807, 2.05) is 0 Å². The van der Waals surface area contributed by atoms with Crippen LogP contribution in [0.2, 0.25) is 0 Å². The van der Waals surface area contributed by atoms with E-state index < -0.39 is 18.9 Å². The van der Waals surface area contributed by atoms with Gasteiger partial charge in [0, 0.05) is 6.61 Å². The van der Waals surface area contributed by atoms with Gasteiger partial charge in [0.25, 0.3) is 5.34 Å². The Morgan fingerprint density at radius 1 is 1.12 bits per heavy atom. The van der Waals surface area contributed by atoms with Crippen molar-refractivity contribution < 1.29 is 28.3 Å². The van der Waals surface area contributed by atoms with Crippen molar-refractivity contribution in [3.63, 3.8) is 0 Å². The molecule has 0 bridgehead atoms. The Bertz CT molecular complexity index is 283. The Morgan fingerprint density at radius 2 is 1.59 bits per heavy atom. The summed E-state index contributed by atoms with van der Waals surface area (Å²) in [4.78, 5) is 11.4. The summed E-state index contributed by atoms with van der Waals surface area (Å²) < 4.78 is 27.9. The summed E-state index contributed by atoms with van der Waals surface area (Å²) in [5, 5.41) is 7.36. The van der Waals surface area contributed by atoms with Crippen molar-refractivity contribution in [1.29, 1.82) is 0 Å². The number of carbonyl (C=O) groups is 1. The highest BCUT2D eigenvalue weighted by Crippen LogP contribution is 2.62. The van der Waals surface area contributed by atoms with E-state index in [0.29, 0.717) is 0 Å². The van der Waals surface area contributed by atoms with E-state index in [1.165, 1.54) is 0 Å². The Kier molecular flexibility index (Phi) is 6.94. The molecule has 0 heterocycles. The lowest BCUT2D eigenvalue weighted by molar-refractivity contribution is -0.157. The van der Waals surface area contributed by atoms with Crippen molar-refractivity contribution in [3.05, 3.63) is 0 Å². The largest absolute Gasteiger partial charge is 0.479 e. The monoisotopic (exact) mass is 268 g/mol. The molecule has 0 saturated carbocycles. The first-order valence-corrected chi connectivity index (χ1v) is 7.24. The average Bonchev–Trinajstić information content (AvgIpc) is 2.25. The molecule has 7 heteroatoms. The molecule has 0 aromatic heterocycles. The quantitative estimate of drug-likeness (QED) is 0.647. The molecule has 0 aliphatic heterocycles. The zero-order chi connectivity index (χ0) is 13.5. The van der Waals surface area contributed by atoms with E-state index >= 15 is 0 Å². The van der Waals surface area contributed by atoms with Gasteiger partial charge in [-0.25, -0.2) is 4.79 Å². The molecule has 0 aliphatic carbocycles. The van der Waals surface area contributed by atoms with Gasteiger partial charge in [0.1, 0.15) is 0 Å². The minimum absolute atomic E-state index is 0.00739. The molecule has 6 nitrogen and oxygen atoms in total. The van der Waals surface area contributed by atoms with Crippen molar-refractivity contribution in [2.75, 3.05) is 19.8 Å². The van der Waals surface area contributed by atoms with Crippen molar-refractivity contribution in [2.24, 2.45) is 0 Å². The highest BCUT2D eigenvalue weighted by atomic mass is 31.2. The summed E-state index contributed by atoms with van der Waals surface area (Å²) >= 11 is 0. The maximum atomic E-state index is 12.5. The third-order valence-electron chi connectivity index (χ3n) is 2.24. The van der Waals surface area contributed by atoms with Crippen LogP contribution >= 0.6 is 7.60 Å². The first-order valence-electron chi connectivity index (χ1n) is 5.70. The van der Waals surface area contributed by atoms with Gasteiger partial charge < -0.3 is 18.9 Å². The molecule has 0 rings (SSSR count). The number of carboxylic acids is 1. The molecule has 0 fully saturated rings. The van der Waals surface area contributed by atoms with Crippen LogP contribution < -0.4 is 0 Å². The van der Waals surface area contributed by atoms with Crippen molar-refractivity contribution >= 4 is 13.6 Å². The second-order valence-corrected chi connectivity index (χ2v) is 5.44. The predicted molar refractivity (Wildman–Crippen MR) is 63.1 cm³/mol. The highest BCUT2D eigenvalue weighted by Gasteiger charge is 2.57. The number of hydrogen-bond acceptors (Lipinski definition) is 5. The molecule has 1 atom stereocenters. The molecule has 0 radical (unpaired) electrons. The van der Waals surface area contributed by atoms with Crippen LogP contribution in [-0.4, -0.2) is 36.2 Å². The fourth-order valence-electron chi connectivity index (χ4n) is 1.53. The zero-order valence-electron chi connectivity index (χ0n) is 10.8. The van der Waals surface area contributed by atoms with Gasteiger partial charge in [-0.2, -0.15) is 0 Å². The van der Waals surface area contributed by atoms with Gasteiger partial charge >= 0.3 is 13.6 Å². The lowest BCUT2D eigenvalue weighted by Gasteiger charge is -2.33. The SMILES string of the molecule is CCOC(CC)(C(=O)O)P(=O)(OCC)OCC. The standard InChI is InChI=1S/C10H21O6P/c1-5-10(9(11)12,14-6-2)17(13,15-7-3)16-8-4/h5-8H2,1-4H3,(H,11,12). The fraction of sp³-hybridized carbons (Fsp3) is 0.900. The smallest absolute Gasteiger partial charge is 0.373 e. The molecule has 0 saturated heterocycles. The van der Waals surface area contributed by atoms with E-state index in [-0.39, 0.29) is 26.2 Å². The van der Waals surface area contributed by atoms with Crippen LogP contribution in [0.5, 0.6) is 0 Å². The van der Waals surface area contributed by atoms with Crippen LogP contribution in [0.1, 0.15) is 34.1 Å². The van der Waals surface area contributed by atoms with E-state index in [0.717, 1.165) is 0 Å². The molecule has 17 heavy (non-hydrogen) atoms. The molecular weight excluding hydrogens is 247 g/mol. The van der Waals surface area contributed by atoms with Gasteiger partial charge in [-0.1, -0.05) is 6.92 Å². The second kappa shape index (κ2) is 7.11. The fourth-order valence-corrected chi connectivity index (χ4v) is 3.61. The van der Waals surface area contributed by atoms with Gasteiger partial charge in [-0.05, 0) is 27.2 Å². The number of carboxylic acid groups (broad SMARTS) is 1. The van der Waals surface area contributed by atoms with Crippen molar-refractivity contribution in [3.8, 4) is 0 Å². The summed E-state index contributed by atoms with van der Waals surface area (Å²) in [7, 11) is -3.85.